The van der Waals surface area contributed by atoms with E-state index in [2.05, 4.69) is 10.2 Å². The van der Waals surface area contributed by atoms with Crippen LogP contribution in [-0.4, -0.2) is 21.9 Å². The summed E-state index contributed by atoms with van der Waals surface area (Å²) < 4.78 is 5.44. The smallest absolute Gasteiger partial charge is 0.131 e. The number of phenolic OH excluding ortho intramolecular Hbond substituents is 1. The molecule has 0 aliphatic carbocycles. The molecule has 1 heterocycles. The molecule has 0 aliphatic rings. The fourth-order valence-electron chi connectivity index (χ4n) is 1.56. The largest absolute Gasteiger partial charge is 0.507 e. The molecule has 4 N–H and O–H groups in total. The monoisotopic (exact) mass is 219 g/mol. The van der Waals surface area contributed by atoms with E-state index in [0.29, 0.717) is 29.3 Å². The standard InChI is InChI=1S/C11H13N3O2/c1-2-16-9-5-3-4-8(15)10(9)7-6-13-14-11(7)12/h3-6,15H,2H2,1H3,(H3,12,13,14). The number of aromatic nitrogens is 2. The Morgan fingerprint density at radius 1 is 1.50 bits per heavy atom. The second kappa shape index (κ2) is 4.14. The maximum Gasteiger partial charge on any atom is 0.131 e. The number of ether oxygens (including phenoxy) is 1. The zero-order valence-corrected chi connectivity index (χ0v) is 8.90. The van der Waals surface area contributed by atoms with Gasteiger partial charge in [-0.05, 0) is 19.1 Å². The molecule has 2 aromatic rings. The van der Waals surface area contributed by atoms with Crippen molar-refractivity contribution in [3.05, 3.63) is 24.4 Å². The molecule has 0 spiro atoms. The lowest BCUT2D eigenvalue weighted by Gasteiger charge is -2.10. The van der Waals surface area contributed by atoms with Gasteiger partial charge in [-0.25, -0.2) is 0 Å². The summed E-state index contributed by atoms with van der Waals surface area (Å²) >= 11 is 0. The number of rotatable bonds is 3. The molecule has 2 rings (SSSR count). The zero-order chi connectivity index (χ0) is 11.5. The van der Waals surface area contributed by atoms with E-state index in [4.69, 9.17) is 10.5 Å². The summed E-state index contributed by atoms with van der Waals surface area (Å²) in [5.74, 6) is 1.12. The second-order valence-electron chi connectivity index (χ2n) is 3.28. The highest BCUT2D eigenvalue weighted by Gasteiger charge is 2.15. The van der Waals surface area contributed by atoms with Gasteiger partial charge < -0.3 is 15.6 Å². The Hall–Kier alpha value is -2.17. The van der Waals surface area contributed by atoms with Crippen LogP contribution in [0.3, 0.4) is 0 Å². The van der Waals surface area contributed by atoms with Gasteiger partial charge in [0.2, 0.25) is 0 Å². The number of aromatic amines is 1. The number of nitrogen functional groups attached to an aromatic ring is 1. The summed E-state index contributed by atoms with van der Waals surface area (Å²) in [6, 6.07) is 5.09. The van der Waals surface area contributed by atoms with Gasteiger partial charge in [-0.1, -0.05) is 6.07 Å². The average Bonchev–Trinajstić information content (AvgIpc) is 2.65. The van der Waals surface area contributed by atoms with Gasteiger partial charge in [0.1, 0.15) is 17.3 Å². The molecule has 0 saturated carbocycles. The normalized spacial score (nSPS) is 10.3. The highest BCUT2D eigenvalue weighted by molar-refractivity contribution is 5.82. The van der Waals surface area contributed by atoms with Crippen molar-refractivity contribution in [1.82, 2.24) is 10.2 Å². The maximum absolute atomic E-state index is 9.84. The third kappa shape index (κ3) is 1.67. The van der Waals surface area contributed by atoms with Crippen molar-refractivity contribution in [2.45, 2.75) is 6.92 Å². The number of nitrogens with zero attached hydrogens (tertiary/aromatic N) is 1. The highest BCUT2D eigenvalue weighted by atomic mass is 16.5. The fourth-order valence-corrected chi connectivity index (χ4v) is 1.56. The Kier molecular flexibility index (Phi) is 2.68. The van der Waals surface area contributed by atoms with Crippen molar-refractivity contribution in [2.75, 3.05) is 12.3 Å². The van der Waals surface area contributed by atoms with Crippen LogP contribution < -0.4 is 10.5 Å². The van der Waals surface area contributed by atoms with Crippen LogP contribution in [0.2, 0.25) is 0 Å². The SMILES string of the molecule is CCOc1cccc(O)c1-c1cn[nH]c1N. The van der Waals surface area contributed by atoms with E-state index in [1.807, 2.05) is 6.92 Å². The number of nitrogens with one attached hydrogen (secondary N) is 1. The summed E-state index contributed by atoms with van der Waals surface area (Å²) in [5.41, 5.74) is 6.93. The molecule has 16 heavy (non-hydrogen) atoms. The van der Waals surface area contributed by atoms with Crippen LogP contribution in [0.15, 0.2) is 24.4 Å². The number of H-pyrrole nitrogens is 1. The minimum absolute atomic E-state index is 0.124. The van der Waals surface area contributed by atoms with Gasteiger partial charge in [-0.3, -0.25) is 5.10 Å². The topological polar surface area (TPSA) is 84.2 Å². The lowest BCUT2D eigenvalue weighted by atomic mass is 10.1. The molecule has 0 aliphatic heterocycles. The number of nitrogens with two attached hydrogens (primary N) is 1. The Balaban J connectivity index is 2.58. The lowest BCUT2D eigenvalue weighted by molar-refractivity contribution is 0.339. The fraction of sp³-hybridized carbons (Fsp3) is 0.182. The Bertz CT molecular complexity index is 494. The first-order chi connectivity index (χ1) is 7.74. The van der Waals surface area contributed by atoms with Crippen LogP contribution in [0.4, 0.5) is 5.82 Å². The molecule has 1 aromatic heterocycles. The molecule has 0 saturated heterocycles. The van der Waals surface area contributed by atoms with Gasteiger partial charge in [0.15, 0.2) is 0 Å². The molecule has 0 unspecified atom stereocenters. The molecule has 0 radical (unpaired) electrons. The van der Waals surface area contributed by atoms with E-state index in [1.54, 1.807) is 24.4 Å². The summed E-state index contributed by atoms with van der Waals surface area (Å²) in [6.07, 6.45) is 1.56. The molecule has 0 amide bonds. The van der Waals surface area contributed by atoms with Crippen molar-refractivity contribution in [2.24, 2.45) is 0 Å². The van der Waals surface area contributed by atoms with E-state index < -0.39 is 0 Å². The number of aromatic hydroxyl groups is 1. The molecular weight excluding hydrogens is 206 g/mol. The highest BCUT2D eigenvalue weighted by Crippen LogP contribution is 2.39. The number of anilines is 1. The minimum atomic E-state index is 0.124. The number of phenols is 1. The molecular formula is C11H13N3O2. The number of benzene rings is 1. The quantitative estimate of drug-likeness (QED) is 0.734. The van der Waals surface area contributed by atoms with E-state index >= 15 is 0 Å². The first kappa shape index (κ1) is 10.4. The van der Waals surface area contributed by atoms with Crippen LogP contribution >= 0.6 is 0 Å². The Labute approximate surface area is 92.9 Å². The van der Waals surface area contributed by atoms with Gasteiger partial charge in [0.05, 0.1) is 23.9 Å². The van der Waals surface area contributed by atoms with E-state index in [0.717, 1.165) is 0 Å². The van der Waals surface area contributed by atoms with Crippen molar-refractivity contribution < 1.29 is 9.84 Å². The third-order valence-corrected chi connectivity index (χ3v) is 2.24. The van der Waals surface area contributed by atoms with Crippen molar-refractivity contribution >= 4 is 5.82 Å². The van der Waals surface area contributed by atoms with Gasteiger partial charge in [0, 0.05) is 0 Å². The molecule has 0 fully saturated rings. The van der Waals surface area contributed by atoms with Crippen molar-refractivity contribution in [3.8, 4) is 22.6 Å². The minimum Gasteiger partial charge on any atom is -0.507 e. The molecule has 1 aromatic carbocycles. The van der Waals surface area contributed by atoms with Crippen molar-refractivity contribution in [1.29, 1.82) is 0 Å². The molecule has 5 heteroatoms. The summed E-state index contributed by atoms with van der Waals surface area (Å²) in [4.78, 5) is 0. The predicted octanol–water partition coefficient (Wildman–Crippen LogP) is 1.76. The lowest BCUT2D eigenvalue weighted by Crippen LogP contribution is -1.95. The molecule has 0 bridgehead atoms. The maximum atomic E-state index is 9.84. The summed E-state index contributed by atoms with van der Waals surface area (Å²) in [7, 11) is 0. The second-order valence-corrected chi connectivity index (χ2v) is 3.28. The van der Waals surface area contributed by atoms with Crippen LogP contribution in [-0.2, 0) is 0 Å². The first-order valence-electron chi connectivity index (χ1n) is 4.98. The Morgan fingerprint density at radius 3 is 2.94 bits per heavy atom. The average molecular weight is 219 g/mol. The van der Waals surface area contributed by atoms with Crippen LogP contribution in [0.25, 0.3) is 11.1 Å². The summed E-state index contributed by atoms with van der Waals surface area (Å²) in [6.45, 7) is 2.40. The van der Waals surface area contributed by atoms with Crippen LogP contribution in [0.1, 0.15) is 6.92 Å². The van der Waals surface area contributed by atoms with Gasteiger partial charge >= 0.3 is 0 Å². The first-order valence-corrected chi connectivity index (χ1v) is 4.98. The molecule has 0 atom stereocenters. The van der Waals surface area contributed by atoms with E-state index in [1.165, 1.54) is 0 Å². The molecule has 5 nitrogen and oxygen atoms in total. The number of hydrogen-bond acceptors (Lipinski definition) is 4. The van der Waals surface area contributed by atoms with E-state index in [9.17, 15) is 5.11 Å². The Morgan fingerprint density at radius 2 is 2.31 bits per heavy atom. The molecule has 84 valence electrons. The van der Waals surface area contributed by atoms with Gasteiger partial charge in [0.25, 0.3) is 0 Å². The predicted molar refractivity (Wildman–Crippen MR) is 61.3 cm³/mol. The number of hydrogen-bond donors (Lipinski definition) is 3. The summed E-state index contributed by atoms with van der Waals surface area (Å²) in [5, 5.41) is 16.3. The van der Waals surface area contributed by atoms with Gasteiger partial charge in [-0.2, -0.15) is 5.10 Å². The third-order valence-electron chi connectivity index (χ3n) is 2.24. The van der Waals surface area contributed by atoms with Crippen LogP contribution in [0, 0.1) is 0 Å². The van der Waals surface area contributed by atoms with Crippen molar-refractivity contribution in [3.63, 3.8) is 0 Å². The van der Waals surface area contributed by atoms with Gasteiger partial charge in [-0.15, -0.1) is 0 Å². The van der Waals surface area contributed by atoms with Crippen LogP contribution in [0.5, 0.6) is 11.5 Å². The zero-order valence-electron chi connectivity index (χ0n) is 8.90. The van der Waals surface area contributed by atoms with E-state index in [-0.39, 0.29) is 5.75 Å².